The number of hydrogen-bond donors (Lipinski definition) is 1. The van der Waals surface area contributed by atoms with E-state index in [0.717, 1.165) is 0 Å². The minimum absolute atomic E-state index is 0.698. The number of benzene rings is 1. The molecule has 2 aliphatic heterocycles. The summed E-state index contributed by atoms with van der Waals surface area (Å²) in [5, 5.41) is 3.47. The van der Waals surface area contributed by atoms with Crippen molar-refractivity contribution in [3.05, 3.63) is 29.8 Å². The van der Waals surface area contributed by atoms with Crippen molar-refractivity contribution in [2.75, 3.05) is 19.1 Å². The second-order valence-electron chi connectivity index (χ2n) is 5.81. The second kappa shape index (κ2) is 5.51. The molecular formula is C16H24N2O. The van der Waals surface area contributed by atoms with E-state index in [-0.39, 0.29) is 0 Å². The Morgan fingerprint density at radius 1 is 1.21 bits per heavy atom. The van der Waals surface area contributed by atoms with Gasteiger partial charge in [0.2, 0.25) is 0 Å². The highest BCUT2D eigenvalue weighted by atomic mass is 16.5. The van der Waals surface area contributed by atoms with E-state index in [1.165, 1.54) is 36.9 Å². The molecule has 2 aliphatic rings. The van der Waals surface area contributed by atoms with Gasteiger partial charge in [0.15, 0.2) is 0 Å². The van der Waals surface area contributed by atoms with Crippen LogP contribution in [-0.2, 0) is 11.3 Å². The summed E-state index contributed by atoms with van der Waals surface area (Å²) in [5.41, 5.74) is 2.72. The van der Waals surface area contributed by atoms with Gasteiger partial charge in [0, 0.05) is 36.5 Å². The Kier molecular flexibility index (Phi) is 3.76. The van der Waals surface area contributed by atoms with E-state index in [1.807, 2.05) is 0 Å². The number of fused-ring (bicyclic) bond motifs is 2. The molecule has 0 aromatic heterocycles. The van der Waals surface area contributed by atoms with Crippen molar-refractivity contribution in [3.63, 3.8) is 0 Å². The van der Waals surface area contributed by atoms with Crippen LogP contribution in [0.1, 0.15) is 31.2 Å². The summed E-state index contributed by atoms with van der Waals surface area (Å²) in [6.07, 6.45) is 5.22. The summed E-state index contributed by atoms with van der Waals surface area (Å²) in [4.78, 5) is 2.67. The van der Waals surface area contributed by atoms with Gasteiger partial charge in [-0.25, -0.2) is 0 Å². The van der Waals surface area contributed by atoms with Crippen molar-refractivity contribution in [1.29, 1.82) is 0 Å². The van der Waals surface area contributed by atoms with E-state index >= 15 is 0 Å². The number of hydrogen-bond acceptors (Lipinski definition) is 3. The third-order valence-electron chi connectivity index (χ3n) is 4.71. The zero-order chi connectivity index (χ0) is 13.2. The number of nitrogens with one attached hydrogen (secondary N) is 1. The van der Waals surface area contributed by atoms with E-state index in [9.17, 15) is 0 Å². The van der Waals surface area contributed by atoms with Crippen molar-refractivity contribution in [2.45, 2.75) is 50.4 Å². The van der Waals surface area contributed by atoms with E-state index in [4.69, 9.17) is 4.74 Å². The zero-order valence-corrected chi connectivity index (χ0v) is 11.9. The van der Waals surface area contributed by atoms with Crippen LogP contribution in [0, 0.1) is 0 Å². The molecule has 19 heavy (non-hydrogen) atoms. The van der Waals surface area contributed by atoms with Gasteiger partial charge in [0.05, 0.1) is 6.61 Å². The number of piperidine rings is 1. The third kappa shape index (κ3) is 2.37. The van der Waals surface area contributed by atoms with E-state index in [2.05, 4.69) is 41.5 Å². The predicted octanol–water partition coefficient (Wildman–Crippen LogP) is 2.55. The first kappa shape index (κ1) is 12.9. The molecule has 104 valence electrons. The monoisotopic (exact) mass is 260 g/mol. The molecule has 2 bridgehead atoms. The lowest BCUT2D eigenvalue weighted by atomic mass is 9.96. The van der Waals surface area contributed by atoms with Crippen molar-refractivity contribution >= 4 is 5.69 Å². The number of methoxy groups -OCH3 is 1. The highest BCUT2D eigenvalue weighted by Gasteiger charge is 2.40. The molecule has 1 aromatic carbocycles. The van der Waals surface area contributed by atoms with Crippen molar-refractivity contribution in [3.8, 4) is 0 Å². The largest absolute Gasteiger partial charge is 0.380 e. The van der Waals surface area contributed by atoms with E-state index in [0.29, 0.717) is 24.7 Å². The van der Waals surface area contributed by atoms with Crippen LogP contribution in [0.4, 0.5) is 5.69 Å². The minimum atomic E-state index is 0.698. The van der Waals surface area contributed by atoms with Crippen LogP contribution in [0.3, 0.4) is 0 Å². The molecule has 1 N–H and O–H groups in total. The normalized spacial score (nSPS) is 29.8. The van der Waals surface area contributed by atoms with Crippen molar-refractivity contribution in [2.24, 2.45) is 0 Å². The highest BCUT2D eigenvalue weighted by molar-refractivity contribution is 5.56. The summed E-state index contributed by atoms with van der Waals surface area (Å²) in [5.74, 6) is 0. The Bertz CT molecular complexity index is 421. The summed E-state index contributed by atoms with van der Waals surface area (Å²) in [6.45, 7) is 0.710. The number of rotatable bonds is 4. The van der Waals surface area contributed by atoms with Crippen LogP contribution in [-0.4, -0.2) is 32.3 Å². The first-order valence-corrected chi connectivity index (χ1v) is 7.36. The maximum absolute atomic E-state index is 5.35. The topological polar surface area (TPSA) is 24.5 Å². The molecule has 0 aliphatic carbocycles. The molecule has 2 saturated heterocycles. The summed E-state index contributed by atoms with van der Waals surface area (Å²) < 4.78 is 5.35. The first-order valence-electron chi connectivity index (χ1n) is 7.36. The highest BCUT2D eigenvalue weighted by Crippen LogP contribution is 2.40. The third-order valence-corrected chi connectivity index (χ3v) is 4.71. The predicted molar refractivity (Wildman–Crippen MR) is 78.5 cm³/mol. The standard InChI is InChI=1S/C16H24N2O/c1-17-13-9-14-7-8-15(10-13)18(14)16-6-4-3-5-12(16)11-19-2/h3-6,13-15,17H,7-11H2,1-2H3. The van der Waals surface area contributed by atoms with Gasteiger partial charge in [-0.3, -0.25) is 0 Å². The molecule has 0 saturated carbocycles. The molecule has 0 spiro atoms. The van der Waals surface area contributed by atoms with Gasteiger partial charge < -0.3 is 15.0 Å². The molecule has 3 rings (SSSR count). The molecule has 1 aromatic rings. The van der Waals surface area contributed by atoms with Gasteiger partial charge in [-0.1, -0.05) is 18.2 Å². The van der Waals surface area contributed by atoms with Crippen LogP contribution >= 0.6 is 0 Å². The second-order valence-corrected chi connectivity index (χ2v) is 5.81. The molecule has 2 atom stereocenters. The maximum atomic E-state index is 5.35. The lowest BCUT2D eigenvalue weighted by molar-refractivity contribution is 0.185. The first-order chi connectivity index (χ1) is 9.33. The smallest absolute Gasteiger partial charge is 0.0733 e. The fraction of sp³-hybridized carbons (Fsp3) is 0.625. The number of anilines is 1. The number of nitrogens with zero attached hydrogens (tertiary/aromatic N) is 1. The summed E-state index contributed by atoms with van der Waals surface area (Å²) in [7, 11) is 3.87. The molecule has 3 nitrogen and oxygen atoms in total. The van der Waals surface area contributed by atoms with Crippen molar-refractivity contribution in [1.82, 2.24) is 5.32 Å². The fourth-order valence-electron chi connectivity index (χ4n) is 3.85. The maximum Gasteiger partial charge on any atom is 0.0733 e. The fourth-order valence-corrected chi connectivity index (χ4v) is 3.85. The molecular weight excluding hydrogens is 236 g/mol. The lowest BCUT2D eigenvalue weighted by Crippen LogP contribution is -2.48. The van der Waals surface area contributed by atoms with Crippen LogP contribution in [0.5, 0.6) is 0 Å². The molecule has 2 fully saturated rings. The van der Waals surface area contributed by atoms with Gasteiger partial charge in [-0.15, -0.1) is 0 Å². The van der Waals surface area contributed by atoms with Gasteiger partial charge in [-0.2, -0.15) is 0 Å². The SMILES string of the molecule is CNC1CC2CCC(C1)N2c1ccccc1COC. The van der Waals surface area contributed by atoms with Crippen LogP contribution in [0.15, 0.2) is 24.3 Å². The van der Waals surface area contributed by atoms with Crippen LogP contribution in [0.25, 0.3) is 0 Å². The summed E-state index contributed by atoms with van der Waals surface area (Å²) in [6, 6.07) is 10.8. The van der Waals surface area contributed by atoms with Gasteiger partial charge in [0.25, 0.3) is 0 Å². The Labute approximate surface area is 115 Å². The van der Waals surface area contributed by atoms with Crippen LogP contribution in [0.2, 0.25) is 0 Å². The molecule has 0 amide bonds. The molecule has 2 unspecified atom stereocenters. The summed E-state index contributed by atoms with van der Waals surface area (Å²) >= 11 is 0. The molecule has 2 heterocycles. The average molecular weight is 260 g/mol. The van der Waals surface area contributed by atoms with Gasteiger partial charge in [-0.05, 0) is 38.8 Å². The van der Waals surface area contributed by atoms with Gasteiger partial charge in [0.1, 0.15) is 0 Å². The number of ether oxygens (including phenoxy) is 1. The Morgan fingerprint density at radius 2 is 1.89 bits per heavy atom. The Hall–Kier alpha value is -1.06. The Morgan fingerprint density at radius 3 is 2.53 bits per heavy atom. The molecule has 3 heteroatoms. The van der Waals surface area contributed by atoms with E-state index < -0.39 is 0 Å². The average Bonchev–Trinajstić information content (AvgIpc) is 2.70. The van der Waals surface area contributed by atoms with E-state index in [1.54, 1.807) is 7.11 Å². The van der Waals surface area contributed by atoms with Crippen molar-refractivity contribution < 1.29 is 4.74 Å². The zero-order valence-electron chi connectivity index (χ0n) is 11.9. The minimum Gasteiger partial charge on any atom is -0.380 e. The van der Waals surface area contributed by atoms with Gasteiger partial charge >= 0.3 is 0 Å². The molecule has 0 radical (unpaired) electrons. The number of para-hydroxylation sites is 1. The lowest BCUT2D eigenvalue weighted by Gasteiger charge is -2.41. The Balaban J connectivity index is 1.87. The van der Waals surface area contributed by atoms with Crippen LogP contribution < -0.4 is 10.2 Å². The quantitative estimate of drug-likeness (QED) is 0.900.